The lowest BCUT2D eigenvalue weighted by Gasteiger charge is -2.59. The highest BCUT2D eigenvalue weighted by atomic mass is 32.1. The average molecular weight is 315 g/mol. The van der Waals surface area contributed by atoms with Gasteiger partial charge in [0.1, 0.15) is 0 Å². The van der Waals surface area contributed by atoms with Gasteiger partial charge in [0.05, 0.1) is 0 Å². The van der Waals surface area contributed by atoms with Crippen molar-refractivity contribution in [1.82, 2.24) is 5.32 Å². The number of carbonyl (C=O) groups excluding carboxylic acids is 1. The van der Waals surface area contributed by atoms with Crippen LogP contribution in [0, 0.1) is 23.2 Å². The Balaban J connectivity index is 1.41. The number of hydrogen-bond acceptors (Lipinski definition) is 2. The molecule has 0 saturated heterocycles. The second-order valence-corrected chi connectivity index (χ2v) is 8.68. The Morgan fingerprint density at radius 1 is 1.27 bits per heavy atom. The molecule has 4 fully saturated rings. The number of hydrogen-bond donors (Lipinski definition) is 1. The predicted octanol–water partition coefficient (Wildman–Crippen LogP) is 4.48. The molecule has 1 aromatic heterocycles. The molecule has 1 N–H and O–H groups in total. The molecule has 1 aromatic rings. The van der Waals surface area contributed by atoms with Gasteiger partial charge in [0, 0.05) is 12.1 Å². The Labute approximate surface area is 137 Å². The summed E-state index contributed by atoms with van der Waals surface area (Å²) in [4.78, 5) is 12.2. The molecule has 4 saturated carbocycles. The van der Waals surface area contributed by atoms with E-state index < -0.39 is 0 Å². The number of nitrogens with one attached hydrogen (secondary N) is 1. The van der Waals surface area contributed by atoms with Gasteiger partial charge in [-0.15, -0.1) is 0 Å². The van der Waals surface area contributed by atoms with Gasteiger partial charge >= 0.3 is 0 Å². The van der Waals surface area contributed by atoms with Crippen LogP contribution in [0.25, 0.3) is 6.08 Å². The quantitative estimate of drug-likeness (QED) is 0.815. The molecule has 1 heterocycles. The van der Waals surface area contributed by atoms with Crippen LogP contribution < -0.4 is 5.32 Å². The molecule has 22 heavy (non-hydrogen) atoms. The van der Waals surface area contributed by atoms with Crippen LogP contribution in [0.5, 0.6) is 0 Å². The Hall–Kier alpha value is -1.09. The van der Waals surface area contributed by atoms with Crippen molar-refractivity contribution >= 4 is 23.3 Å². The fourth-order valence-electron chi connectivity index (χ4n) is 5.66. The first-order valence-corrected chi connectivity index (χ1v) is 9.58. The summed E-state index contributed by atoms with van der Waals surface area (Å²) in [6, 6.07) is 2.34. The minimum atomic E-state index is 0.0643. The maximum Gasteiger partial charge on any atom is 0.244 e. The number of amides is 1. The van der Waals surface area contributed by atoms with E-state index in [1.54, 1.807) is 17.4 Å². The smallest absolute Gasteiger partial charge is 0.244 e. The Morgan fingerprint density at radius 2 is 1.91 bits per heavy atom. The maximum absolute atomic E-state index is 12.2. The topological polar surface area (TPSA) is 29.1 Å². The first kappa shape index (κ1) is 14.5. The van der Waals surface area contributed by atoms with Crippen molar-refractivity contribution in [2.75, 3.05) is 0 Å². The van der Waals surface area contributed by atoms with Crippen molar-refractivity contribution in [3.63, 3.8) is 0 Å². The van der Waals surface area contributed by atoms with Crippen molar-refractivity contribution in [3.05, 3.63) is 28.5 Å². The normalized spacial score (nSPS) is 37.6. The average Bonchev–Trinajstić information content (AvgIpc) is 2.97. The fourth-order valence-corrected chi connectivity index (χ4v) is 6.29. The molecule has 0 radical (unpaired) electrons. The van der Waals surface area contributed by atoms with E-state index in [2.05, 4.69) is 17.6 Å². The molecule has 2 nitrogen and oxygen atoms in total. The van der Waals surface area contributed by atoms with Gasteiger partial charge in [-0.3, -0.25) is 4.79 Å². The highest BCUT2D eigenvalue weighted by molar-refractivity contribution is 7.08. The van der Waals surface area contributed by atoms with Crippen LogP contribution in [0.3, 0.4) is 0 Å². The molecular weight excluding hydrogens is 290 g/mol. The second-order valence-electron chi connectivity index (χ2n) is 7.90. The van der Waals surface area contributed by atoms with Gasteiger partial charge in [-0.1, -0.05) is 0 Å². The molecule has 118 valence electrons. The zero-order chi connectivity index (χ0) is 15.2. The van der Waals surface area contributed by atoms with E-state index in [9.17, 15) is 4.79 Å². The first-order chi connectivity index (χ1) is 10.6. The van der Waals surface area contributed by atoms with Gasteiger partial charge in [0.2, 0.25) is 5.91 Å². The van der Waals surface area contributed by atoms with Crippen LogP contribution >= 0.6 is 11.3 Å². The lowest BCUT2D eigenvalue weighted by molar-refractivity contribution is -0.121. The van der Waals surface area contributed by atoms with Crippen molar-refractivity contribution in [2.45, 2.75) is 51.5 Å². The van der Waals surface area contributed by atoms with Gasteiger partial charge in [-0.2, -0.15) is 11.3 Å². The Morgan fingerprint density at radius 3 is 2.45 bits per heavy atom. The van der Waals surface area contributed by atoms with E-state index in [1.807, 2.05) is 17.5 Å². The standard InChI is InChI=1S/C19H25NOS/c1-13(20-18(21)3-2-14-4-5-22-12-14)19-9-15-6-16(10-19)8-17(7-15)11-19/h2-5,12-13,15-17H,6-11H2,1H3,(H,20,21)/b3-2+. The first-order valence-electron chi connectivity index (χ1n) is 8.64. The third-order valence-electron chi connectivity index (χ3n) is 6.33. The van der Waals surface area contributed by atoms with Crippen LogP contribution in [0.2, 0.25) is 0 Å². The second kappa shape index (κ2) is 5.52. The summed E-state index contributed by atoms with van der Waals surface area (Å²) in [5, 5.41) is 7.38. The van der Waals surface area contributed by atoms with Crippen LogP contribution in [0.15, 0.2) is 22.9 Å². The van der Waals surface area contributed by atoms with Crippen LogP contribution in [0.1, 0.15) is 51.0 Å². The molecule has 1 atom stereocenters. The molecule has 4 bridgehead atoms. The Bertz CT molecular complexity index is 539. The van der Waals surface area contributed by atoms with Crippen molar-refractivity contribution in [1.29, 1.82) is 0 Å². The highest BCUT2D eigenvalue weighted by Gasteiger charge is 2.53. The van der Waals surface area contributed by atoms with E-state index in [1.165, 1.54) is 38.5 Å². The van der Waals surface area contributed by atoms with E-state index in [-0.39, 0.29) is 5.91 Å². The molecule has 0 aromatic carbocycles. The summed E-state index contributed by atoms with van der Waals surface area (Å²) in [6.07, 6.45) is 12.0. The maximum atomic E-state index is 12.2. The van der Waals surface area contributed by atoms with Crippen molar-refractivity contribution in [2.24, 2.45) is 23.2 Å². The number of thiophene rings is 1. The summed E-state index contributed by atoms with van der Waals surface area (Å²) in [5.74, 6) is 2.88. The van der Waals surface area contributed by atoms with E-state index >= 15 is 0 Å². The zero-order valence-electron chi connectivity index (χ0n) is 13.3. The molecule has 0 spiro atoms. The van der Waals surface area contributed by atoms with Crippen molar-refractivity contribution in [3.8, 4) is 0 Å². The van der Waals surface area contributed by atoms with Crippen molar-refractivity contribution < 1.29 is 4.79 Å². The summed E-state index contributed by atoms with van der Waals surface area (Å²) in [7, 11) is 0. The van der Waals surface area contributed by atoms with E-state index in [0.717, 1.165) is 23.3 Å². The van der Waals surface area contributed by atoms with Gasteiger partial charge in [-0.25, -0.2) is 0 Å². The fraction of sp³-hybridized carbons (Fsp3) is 0.632. The van der Waals surface area contributed by atoms with Gasteiger partial charge in [0.25, 0.3) is 0 Å². The van der Waals surface area contributed by atoms with Gasteiger partial charge in [-0.05, 0) is 97.1 Å². The molecule has 3 heteroatoms. The van der Waals surface area contributed by atoms with Crippen LogP contribution in [-0.4, -0.2) is 11.9 Å². The lowest BCUT2D eigenvalue weighted by atomic mass is 9.48. The molecule has 0 aliphatic heterocycles. The summed E-state index contributed by atoms with van der Waals surface area (Å²) in [5.41, 5.74) is 1.50. The Kier molecular flexibility index (Phi) is 3.64. The molecule has 5 rings (SSSR count). The van der Waals surface area contributed by atoms with Gasteiger partial charge < -0.3 is 5.32 Å². The molecule has 4 aliphatic carbocycles. The zero-order valence-corrected chi connectivity index (χ0v) is 14.1. The molecule has 1 amide bonds. The monoisotopic (exact) mass is 315 g/mol. The summed E-state index contributed by atoms with van der Waals surface area (Å²) >= 11 is 1.66. The number of carbonyl (C=O) groups is 1. The third-order valence-corrected chi connectivity index (χ3v) is 7.03. The van der Waals surface area contributed by atoms with E-state index in [0.29, 0.717) is 11.5 Å². The third kappa shape index (κ3) is 2.64. The lowest BCUT2D eigenvalue weighted by Crippen LogP contribution is -2.55. The van der Waals surface area contributed by atoms with Gasteiger partial charge in [0.15, 0.2) is 0 Å². The number of rotatable bonds is 4. The molecule has 4 aliphatic rings. The SMILES string of the molecule is CC(NC(=O)/C=C/c1ccsc1)C12CC3CC(CC(C3)C1)C2. The molecular formula is C19H25NOS. The largest absolute Gasteiger partial charge is 0.350 e. The van der Waals surface area contributed by atoms with E-state index in [4.69, 9.17) is 0 Å². The predicted molar refractivity (Wildman–Crippen MR) is 91.6 cm³/mol. The van der Waals surface area contributed by atoms with Crippen LogP contribution in [-0.2, 0) is 4.79 Å². The summed E-state index contributed by atoms with van der Waals surface area (Å²) in [6.45, 7) is 2.24. The summed E-state index contributed by atoms with van der Waals surface area (Å²) < 4.78 is 0. The minimum absolute atomic E-state index is 0.0643. The van der Waals surface area contributed by atoms with Crippen LogP contribution in [0.4, 0.5) is 0 Å². The minimum Gasteiger partial charge on any atom is -0.350 e. The molecule has 1 unspecified atom stereocenters. The highest BCUT2D eigenvalue weighted by Crippen LogP contribution is 2.61.